The second-order valence-corrected chi connectivity index (χ2v) is 2.48. The first-order valence-electron chi connectivity index (χ1n) is 4.13. The SMILES string of the molecule is CC.CC1=CCCC(C)=C1.[HH]. The molecule has 0 atom stereocenters. The van der Waals surface area contributed by atoms with Gasteiger partial charge in [0.05, 0.1) is 0 Å². The van der Waals surface area contributed by atoms with E-state index in [9.17, 15) is 0 Å². The molecule has 10 heavy (non-hydrogen) atoms. The van der Waals surface area contributed by atoms with Crippen LogP contribution in [0.25, 0.3) is 0 Å². The summed E-state index contributed by atoms with van der Waals surface area (Å²) in [5.74, 6) is 0. The summed E-state index contributed by atoms with van der Waals surface area (Å²) in [6, 6.07) is 0. The second-order valence-electron chi connectivity index (χ2n) is 2.48. The van der Waals surface area contributed by atoms with Crippen LogP contribution in [0.5, 0.6) is 0 Å². The summed E-state index contributed by atoms with van der Waals surface area (Å²) >= 11 is 0. The van der Waals surface area contributed by atoms with Crippen LogP contribution in [0.4, 0.5) is 0 Å². The smallest absolute Gasteiger partial charge is 0 e. The maximum absolute atomic E-state index is 2.28. The maximum Gasteiger partial charge on any atom is 0 e. The predicted octanol–water partition coefficient (Wildman–Crippen LogP) is 3.95. The summed E-state index contributed by atoms with van der Waals surface area (Å²) in [7, 11) is 0. The molecule has 1 aliphatic rings. The lowest BCUT2D eigenvalue weighted by molar-refractivity contribution is 0.945. The standard InChI is InChI=1S/C8H12.C2H6.H2/c1-7-4-3-5-8(2)6-7;1-2;/h4,6H,3,5H2,1-2H3;1-2H3;1H. The van der Waals surface area contributed by atoms with Crippen molar-refractivity contribution in [1.29, 1.82) is 0 Å². The van der Waals surface area contributed by atoms with Crippen molar-refractivity contribution < 1.29 is 1.43 Å². The van der Waals surface area contributed by atoms with Gasteiger partial charge in [-0.2, -0.15) is 0 Å². The van der Waals surface area contributed by atoms with E-state index in [2.05, 4.69) is 26.0 Å². The third-order valence-electron chi connectivity index (χ3n) is 1.48. The number of rotatable bonds is 0. The first-order valence-corrected chi connectivity index (χ1v) is 4.13. The van der Waals surface area contributed by atoms with Gasteiger partial charge >= 0.3 is 0 Å². The monoisotopic (exact) mass is 140 g/mol. The van der Waals surface area contributed by atoms with Gasteiger partial charge in [0.2, 0.25) is 0 Å². The summed E-state index contributed by atoms with van der Waals surface area (Å²) in [5.41, 5.74) is 2.94. The molecule has 0 aromatic heterocycles. The third kappa shape index (κ3) is 3.49. The van der Waals surface area contributed by atoms with E-state index in [1.807, 2.05) is 13.8 Å². The molecular weight excluding hydrogens is 120 g/mol. The van der Waals surface area contributed by atoms with Crippen molar-refractivity contribution in [2.45, 2.75) is 40.5 Å². The van der Waals surface area contributed by atoms with E-state index in [4.69, 9.17) is 0 Å². The molecule has 0 aromatic rings. The molecule has 0 saturated heterocycles. The van der Waals surface area contributed by atoms with Crippen LogP contribution in [-0.4, -0.2) is 0 Å². The normalized spacial score (nSPS) is 16.4. The molecule has 0 aromatic carbocycles. The quantitative estimate of drug-likeness (QED) is 0.478. The lowest BCUT2D eigenvalue weighted by Crippen LogP contribution is -1.84. The molecule has 1 aliphatic carbocycles. The Hall–Kier alpha value is -0.520. The Balaban J connectivity index is 0. The zero-order valence-electron chi connectivity index (χ0n) is 7.57. The van der Waals surface area contributed by atoms with Gasteiger partial charge in [-0.05, 0) is 26.7 Å². The predicted molar refractivity (Wildman–Crippen MR) is 50.2 cm³/mol. The summed E-state index contributed by atoms with van der Waals surface area (Å²) in [4.78, 5) is 0. The lowest BCUT2D eigenvalue weighted by Gasteiger charge is -2.04. The fourth-order valence-electron chi connectivity index (χ4n) is 1.05. The highest BCUT2D eigenvalue weighted by molar-refractivity contribution is 5.24. The molecule has 1 rings (SSSR count). The van der Waals surface area contributed by atoms with Gasteiger partial charge in [-0.1, -0.05) is 37.1 Å². The zero-order valence-corrected chi connectivity index (χ0v) is 7.57. The van der Waals surface area contributed by atoms with Gasteiger partial charge in [0.1, 0.15) is 0 Å². The Morgan fingerprint density at radius 1 is 1.30 bits per heavy atom. The fourth-order valence-corrected chi connectivity index (χ4v) is 1.05. The van der Waals surface area contributed by atoms with Crippen molar-refractivity contribution in [2.24, 2.45) is 0 Å². The molecule has 0 saturated carbocycles. The molecule has 0 amide bonds. The third-order valence-corrected chi connectivity index (χ3v) is 1.48. The highest BCUT2D eigenvalue weighted by Gasteiger charge is 1.94. The van der Waals surface area contributed by atoms with Crippen molar-refractivity contribution in [2.75, 3.05) is 0 Å². The molecule has 0 N–H and O–H groups in total. The minimum Gasteiger partial charge on any atom is -0.0813 e. The van der Waals surface area contributed by atoms with E-state index in [0.29, 0.717) is 0 Å². The van der Waals surface area contributed by atoms with E-state index in [1.54, 1.807) is 0 Å². The fraction of sp³-hybridized carbons (Fsp3) is 0.600. The molecule has 0 heteroatoms. The van der Waals surface area contributed by atoms with Crippen LogP contribution < -0.4 is 0 Å². The molecule has 0 heterocycles. The largest absolute Gasteiger partial charge is 0.0813 e. The zero-order chi connectivity index (χ0) is 7.98. The van der Waals surface area contributed by atoms with Gasteiger partial charge in [0.15, 0.2) is 0 Å². The molecule has 0 unspecified atom stereocenters. The summed E-state index contributed by atoms with van der Waals surface area (Å²) in [6.45, 7) is 8.35. The van der Waals surface area contributed by atoms with Crippen LogP contribution in [0.15, 0.2) is 23.3 Å². The van der Waals surface area contributed by atoms with E-state index < -0.39 is 0 Å². The highest BCUT2D eigenvalue weighted by atomic mass is 14.0. The average Bonchev–Trinajstić information content (AvgIpc) is 1.91. The van der Waals surface area contributed by atoms with Gasteiger partial charge < -0.3 is 0 Å². The van der Waals surface area contributed by atoms with Gasteiger partial charge in [-0.3, -0.25) is 0 Å². The van der Waals surface area contributed by atoms with Crippen molar-refractivity contribution in [3.8, 4) is 0 Å². The average molecular weight is 140 g/mol. The minimum absolute atomic E-state index is 0. The van der Waals surface area contributed by atoms with Gasteiger partial charge in [0, 0.05) is 1.43 Å². The van der Waals surface area contributed by atoms with Crippen LogP contribution in [0.3, 0.4) is 0 Å². The number of hydrogen-bond acceptors (Lipinski definition) is 0. The van der Waals surface area contributed by atoms with E-state index in [-0.39, 0.29) is 1.43 Å². The Bertz CT molecular complexity index is 143. The Morgan fingerprint density at radius 3 is 2.20 bits per heavy atom. The Morgan fingerprint density at radius 2 is 1.90 bits per heavy atom. The van der Waals surface area contributed by atoms with Gasteiger partial charge in [-0.25, -0.2) is 0 Å². The molecule has 0 aliphatic heterocycles. The number of hydrogen-bond donors (Lipinski definition) is 0. The first kappa shape index (κ1) is 9.48. The molecule has 0 bridgehead atoms. The molecular formula is C10H20. The highest BCUT2D eigenvalue weighted by Crippen LogP contribution is 2.14. The van der Waals surface area contributed by atoms with Crippen LogP contribution in [-0.2, 0) is 0 Å². The number of allylic oxidation sites excluding steroid dienone is 4. The van der Waals surface area contributed by atoms with E-state index in [0.717, 1.165) is 0 Å². The van der Waals surface area contributed by atoms with Crippen LogP contribution in [0, 0.1) is 0 Å². The molecule has 0 radical (unpaired) electrons. The maximum atomic E-state index is 2.28. The van der Waals surface area contributed by atoms with Crippen molar-refractivity contribution in [3.05, 3.63) is 23.3 Å². The van der Waals surface area contributed by atoms with Crippen LogP contribution in [0.2, 0.25) is 0 Å². The summed E-state index contributed by atoms with van der Waals surface area (Å²) < 4.78 is 0. The van der Waals surface area contributed by atoms with Crippen molar-refractivity contribution >= 4 is 0 Å². The molecule has 60 valence electrons. The Kier molecular flexibility index (Phi) is 5.00. The minimum atomic E-state index is 0. The van der Waals surface area contributed by atoms with E-state index in [1.165, 1.54) is 24.0 Å². The first-order chi connectivity index (χ1) is 4.79. The van der Waals surface area contributed by atoms with Crippen LogP contribution in [0.1, 0.15) is 42.0 Å². The molecule has 0 nitrogen and oxygen atoms in total. The van der Waals surface area contributed by atoms with E-state index >= 15 is 0 Å². The van der Waals surface area contributed by atoms with Crippen molar-refractivity contribution in [1.82, 2.24) is 0 Å². The summed E-state index contributed by atoms with van der Waals surface area (Å²) in [6.07, 6.45) is 7.04. The second kappa shape index (κ2) is 5.28. The molecule has 0 spiro atoms. The summed E-state index contributed by atoms with van der Waals surface area (Å²) in [5, 5.41) is 0. The van der Waals surface area contributed by atoms with Crippen LogP contribution >= 0.6 is 0 Å². The van der Waals surface area contributed by atoms with Gasteiger partial charge in [-0.15, -0.1) is 0 Å². The topological polar surface area (TPSA) is 0 Å². The van der Waals surface area contributed by atoms with Crippen molar-refractivity contribution in [3.63, 3.8) is 0 Å². The Labute approximate surface area is 66.1 Å². The van der Waals surface area contributed by atoms with Gasteiger partial charge in [0.25, 0.3) is 0 Å². The lowest BCUT2D eigenvalue weighted by atomic mass is 10.0. The molecule has 0 fully saturated rings.